The zero-order valence-electron chi connectivity index (χ0n) is 12.2. The molecule has 1 fully saturated rings. The van der Waals surface area contributed by atoms with Crippen molar-refractivity contribution in [3.8, 4) is 0 Å². The first-order valence-electron chi connectivity index (χ1n) is 6.87. The van der Waals surface area contributed by atoms with Crippen LogP contribution in [0.15, 0.2) is 46.7 Å². The smallest absolute Gasteiger partial charge is 0.266 e. The first-order valence-corrected chi connectivity index (χ1v) is 8.97. The maximum Gasteiger partial charge on any atom is 0.266 e. The van der Waals surface area contributed by atoms with Crippen LogP contribution in [0.1, 0.15) is 4.88 Å². The lowest BCUT2D eigenvalue weighted by atomic mass is 10.3. The fourth-order valence-corrected chi connectivity index (χ4v) is 4.03. The van der Waals surface area contributed by atoms with Crippen LogP contribution in [0.5, 0.6) is 0 Å². The zero-order valence-corrected chi connectivity index (χ0v) is 14.6. The Bertz CT molecular complexity index is 834. The highest BCUT2D eigenvalue weighted by Gasteiger charge is 2.33. The van der Waals surface area contributed by atoms with Crippen molar-refractivity contribution < 1.29 is 14.0 Å². The van der Waals surface area contributed by atoms with Crippen LogP contribution in [0.25, 0.3) is 6.08 Å². The van der Waals surface area contributed by atoms with Crippen LogP contribution in [-0.2, 0) is 9.59 Å². The monoisotopic (exact) mass is 378 g/mol. The minimum Gasteiger partial charge on any atom is -0.324 e. The number of amides is 2. The van der Waals surface area contributed by atoms with Crippen molar-refractivity contribution in [1.82, 2.24) is 4.90 Å². The Hall–Kier alpha value is -2.03. The molecule has 0 unspecified atom stereocenters. The lowest BCUT2D eigenvalue weighted by Gasteiger charge is -2.14. The maximum absolute atomic E-state index is 13.1. The number of thioether (sulfide) groups is 1. The van der Waals surface area contributed by atoms with Crippen molar-refractivity contribution in [2.24, 2.45) is 0 Å². The van der Waals surface area contributed by atoms with Gasteiger partial charge in [0.05, 0.1) is 4.91 Å². The van der Waals surface area contributed by atoms with Gasteiger partial charge in [-0.25, -0.2) is 4.39 Å². The van der Waals surface area contributed by atoms with E-state index in [9.17, 15) is 14.0 Å². The molecule has 1 aromatic heterocycles. The van der Waals surface area contributed by atoms with Crippen molar-refractivity contribution >= 4 is 63.2 Å². The second kappa shape index (κ2) is 7.25. The second-order valence-corrected chi connectivity index (χ2v) is 7.50. The molecule has 24 heavy (non-hydrogen) atoms. The van der Waals surface area contributed by atoms with Gasteiger partial charge >= 0.3 is 0 Å². The number of nitrogens with zero attached hydrogens (tertiary/aromatic N) is 1. The molecule has 1 aromatic carbocycles. The minimum absolute atomic E-state index is 0.205. The Morgan fingerprint density at radius 1 is 1.33 bits per heavy atom. The number of rotatable bonds is 4. The molecule has 122 valence electrons. The van der Waals surface area contributed by atoms with Gasteiger partial charge < -0.3 is 5.32 Å². The highest BCUT2D eigenvalue weighted by Crippen LogP contribution is 2.33. The number of carbonyl (C=O) groups is 2. The molecule has 1 aliphatic rings. The third kappa shape index (κ3) is 3.89. The Morgan fingerprint density at radius 3 is 2.88 bits per heavy atom. The number of nitrogens with one attached hydrogen (secondary N) is 1. The van der Waals surface area contributed by atoms with E-state index in [1.54, 1.807) is 12.1 Å². The van der Waals surface area contributed by atoms with Gasteiger partial charge in [-0.05, 0) is 35.7 Å². The Morgan fingerprint density at radius 2 is 2.17 bits per heavy atom. The number of thiocarbonyl (C=S) groups is 1. The summed E-state index contributed by atoms with van der Waals surface area (Å²) in [6.45, 7) is -0.205. The van der Waals surface area contributed by atoms with E-state index in [-0.39, 0.29) is 12.5 Å². The van der Waals surface area contributed by atoms with Crippen LogP contribution >= 0.6 is 35.3 Å². The number of carbonyl (C=O) groups excluding carboxylic acids is 2. The Labute approximate surface area is 151 Å². The molecule has 1 saturated heterocycles. The third-order valence-electron chi connectivity index (χ3n) is 3.10. The van der Waals surface area contributed by atoms with E-state index in [1.807, 2.05) is 17.5 Å². The molecular weight excluding hydrogens is 367 g/mol. The van der Waals surface area contributed by atoms with Gasteiger partial charge in [0.1, 0.15) is 16.7 Å². The predicted octanol–water partition coefficient (Wildman–Crippen LogP) is 3.73. The molecule has 2 amide bonds. The van der Waals surface area contributed by atoms with Gasteiger partial charge in [-0.3, -0.25) is 14.5 Å². The summed E-state index contributed by atoms with van der Waals surface area (Å²) in [5, 5.41) is 4.47. The number of hydrogen-bond acceptors (Lipinski definition) is 5. The van der Waals surface area contributed by atoms with Crippen LogP contribution in [0, 0.1) is 5.82 Å². The van der Waals surface area contributed by atoms with Crippen LogP contribution in [0.2, 0.25) is 0 Å². The van der Waals surface area contributed by atoms with Gasteiger partial charge in [-0.15, -0.1) is 11.3 Å². The van der Waals surface area contributed by atoms with Crippen molar-refractivity contribution in [2.75, 3.05) is 11.9 Å². The summed E-state index contributed by atoms with van der Waals surface area (Å²) in [6, 6.07) is 9.35. The first-order chi connectivity index (χ1) is 11.5. The molecule has 2 aromatic rings. The standard InChI is InChI=1S/C16H11FN2O2S3/c17-10-3-1-4-11(7-10)18-14(20)9-19-15(21)13(24-16(19)22)8-12-5-2-6-23-12/h1-8H,9H2,(H,18,20). The zero-order chi connectivity index (χ0) is 17.1. The van der Waals surface area contributed by atoms with Crippen molar-refractivity contribution in [2.45, 2.75) is 0 Å². The minimum atomic E-state index is -0.447. The maximum atomic E-state index is 13.1. The summed E-state index contributed by atoms with van der Waals surface area (Å²) in [6.07, 6.45) is 1.76. The summed E-state index contributed by atoms with van der Waals surface area (Å²) >= 11 is 7.86. The van der Waals surface area contributed by atoms with Gasteiger partial charge in [-0.1, -0.05) is 36.1 Å². The SMILES string of the molecule is O=C(CN1C(=O)C(=Cc2cccs2)SC1=S)Nc1cccc(F)c1. The van der Waals surface area contributed by atoms with Gasteiger partial charge in [0.2, 0.25) is 5.91 Å². The third-order valence-corrected chi connectivity index (χ3v) is 5.30. The number of benzene rings is 1. The van der Waals surface area contributed by atoms with Gasteiger partial charge in [0, 0.05) is 10.6 Å². The van der Waals surface area contributed by atoms with E-state index < -0.39 is 11.7 Å². The summed E-state index contributed by atoms with van der Waals surface area (Å²) in [7, 11) is 0. The predicted molar refractivity (Wildman–Crippen MR) is 99.2 cm³/mol. The number of thiophene rings is 1. The molecular formula is C16H11FN2O2S3. The molecule has 0 bridgehead atoms. The van der Waals surface area contributed by atoms with Crippen LogP contribution in [-0.4, -0.2) is 27.6 Å². The first kappa shape index (κ1) is 16.8. The Balaban J connectivity index is 1.67. The molecule has 0 atom stereocenters. The quantitative estimate of drug-likeness (QED) is 0.651. The molecule has 1 N–H and O–H groups in total. The van der Waals surface area contributed by atoms with Crippen molar-refractivity contribution in [3.63, 3.8) is 0 Å². The molecule has 0 saturated carbocycles. The summed E-state index contributed by atoms with van der Waals surface area (Å²) in [5.41, 5.74) is 0.333. The van der Waals surface area contributed by atoms with Gasteiger partial charge in [0.15, 0.2) is 0 Å². The van der Waals surface area contributed by atoms with Gasteiger partial charge in [0.25, 0.3) is 5.91 Å². The fourth-order valence-electron chi connectivity index (χ4n) is 2.05. The van der Waals surface area contributed by atoms with Crippen LogP contribution < -0.4 is 5.32 Å². The lowest BCUT2D eigenvalue weighted by Crippen LogP contribution is -2.36. The van der Waals surface area contributed by atoms with E-state index in [2.05, 4.69) is 5.32 Å². The fraction of sp³-hybridized carbons (Fsp3) is 0.0625. The van der Waals surface area contributed by atoms with E-state index in [0.29, 0.717) is 14.9 Å². The number of hydrogen-bond donors (Lipinski definition) is 1. The van der Waals surface area contributed by atoms with E-state index in [0.717, 1.165) is 4.88 Å². The normalized spacial score (nSPS) is 16.0. The summed E-state index contributed by atoms with van der Waals surface area (Å²) in [5.74, 6) is -1.18. The summed E-state index contributed by atoms with van der Waals surface area (Å²) < 4.78 is 13.5. The molecule has 8 heteroatoms. The van der Waals surface area contributed by atoms with Gasteiger partial charge in [-0.2, -0.15) is 0 Å². The van der Waals surface area contributed by atoms with Crippen molar-refractivity contribution in [1.29, 1.82) is 0 Å². The number of anilines is 1. The van der Waals surface area contributed by atoms with E-state index >= 15 is 0 Å². The highest BCUT2D eigenvalue weighted by atomic mass is 32.2. The Kier molecular flexibility index (Phi) is 5.08. The van der Waals surface area contributed by atoms with Crippen LogP contribution in [0.4, 0.5) is 10.1 Å². The molecule has 1 aliphatic heterocycles. The molecule has 0 spiro atoms. The summed E-state index contributed by atoms with van der Waals surface area (Å²) in [4.78, 5) is 27.2. The number of halogens is 1. The second-order valence-electron chi connectivity index (χ2n) is 4.84. The van der Waals surface area contributed by atoms with E-state index in [1.165, 1.54) is 46.2 Å². The largest absolute Gasteiger partial charge is 0.324 e. The average Bonchev–Trinajstić information content (AvgIpc) is 3.12. The molecule has 0 radical (unpaired) electrons. The molecule has 4 nitrogen and oxygen atoms in total. The highest BCUT2D eigenvalue weighted by molar-refractivity contribution is 8.26. The van der Waals surface area contributed by atoms with Crippen molar-refractivity contribution in [3.05, 3.63) is 57.4 Å². The van der Waals surface area contributed by atoms with E-state index in [4.69, 9.17) is 12.2 Å². The lowest BCUT2D eigenvalue weighted by molar-refractivity contribution is -0.126. The molecule has 3 rings (SSSR count). The topological polar surface area (TPSA) is 49.4 Å². The van der Waals surface area contributed by atoms with Crippen LogP contribution in [0.3, 0.4) is 0 Å². The molecule has 0 aliphatic carbocycles. The average molecular weight is 378 g/mol. The molecule has 2 heterocycles.